The van der Waals surface area contributed by atoms with Gasteiger partial charge in [0.15, 0.2) is 6.61 Å². The molecule has 1 amide bonds. The third-order valence-electron chi connectivity index (χ3n) is 3.01. The molecule has 0 saturated carbocycles. The number of carbonyl (C=O) groups is 2. The van der Waals surface area contributed by atoms with Crippen LogP contribution < -0.4 is 10.1 Å². The van der Waals surface area contributed by atoms with Gasteiger partial charge in [-0.1, -0.05) is 6.07 Å². The number of nitro groups is 1. The van der Waals surface area contributed by atoms with Crippen LogP contribution in [0.1, 0.15) is 11.8 Å². The maximum Gasteiger partial charge on any atom is 0.311 e. The Labute approximate surface area is 147 Å². The Morgan fingerprint density at radius 1 is 1.32 bits per heavy atom. The number of nitrogens with zero attached hydrogens (tertiary/aromatic N) is 1. The summed E-state index contributed by atoms with van der Waals surface area (Å²) in [6.07, 6.45) is 0.0775. The highest BCUT2D eigenvalue weighted by Gasteiger charge is 2.18. The van der Waals surface area contributed by atoms with E-state index in [1.54, 1.807) is 13.0 Å². The molecule has 132 valence electrons. The van der Waals surface area contributed by atoms with E-state index in [0.717, 1.165) is 4.88 Å². The van der Waals surface area contributed by atoms with Crippen molar-refractivity contribution in [2.75, 3.05) is 18.5 Å². The third-order valence-corrected chi connectivity index (χ3v) is 3.89. The van der Waals surface area contributed by atoms with Crippen LogP contribution in [0.5, 0.6) is 5.75 Å². The number of hydrogen-bond donors (Lipinski definition) is 1. The Bertz CT molecular complexity index is 760. The summed E-state index contributed by atoms with van der Waals surface area (Å²) >= 11 is 1.41. The minimum Gasteiger partial charge on any atom is -0.494 e. The number of thiophene rings is 1. The summed E-state index contributed by atoms with van der Waals surface area (Å²) < 4.78 is 10.1. The molecule has 1 aromatic carbocycles. The van der Waals surface area contributed by atoms with Crippen molar-refractivity contribution >= 4 is 34.6 Å². The average Bonchev–Trinajstić information content (AvgIpc) is 3.07. The standard InChI is InChI=1S/C16H16N2O6S/c1-2-23-11-5-6-13(14(8-11)18(21)22)17-15(19)10-24-16(20)9-12-4-3-7-25-12/h3-8H,2,9-10H2,1H3,(H,17,19). The minimum atomic E-state index is -0.660. The predicted octanol–water partition coefficient (Wildman–Crippen LogP) is 2.78. The van der Waals surface area contributed by atoms with Crippen LogP contribution >= 0.6 is 11.3 Å². The summed E-state index contributed by atoms with van der Waals surface area (Å²) in [5.41, 5.74) is -0.294. The van der Waals surface area contributed by atoms with Gasteiger partial charge in [0.1, 0.15) is 11.4 Å². The number of rotatable bonds is 8. The van der Waals surface area contributed by atoms with E-state index in [1.165, 1.54) is 29.5 Å². The molecular formula is C16H16N2O6S. The second-order valence-electron chi connectivity index (χ2n) is 4.83. The van der Waals surface area contributed by atoms with Gasteiger partial charge >= 0.3 is 5.97 Å². The first-order valence-corrected chi connectivity index (χ1v) is 8.26. The van der Waals surface area contributed by atoms with Crippen LogP contribution in [-0.2, 0) is 20.7 Å². The van der Waals surface area contributed by atoms with Crippen LogP contribution in [0.15, 0.2) is 35.7 Å². The molecule has 2 rings (SSSR count). The Kier molecular flexibility index (Phi) is 6.47. The van der Waals surface area contributed by atoms with Crippen molar-refractivity contribution in [2.24, 2.45) is 0 Å². The predicted molar refractivity (Wildman–Crippen MR) is 91.9 cm³/mol. The van der Waals surface area contributed by atoms with Crippen LogP contribution in [0.4, 0.5) is 11.4 Å². The Morgan fingerprint density at radius 3 is 2.76 bits per heavy atom. The first-order chi connectivity index (χ1) is 12.0. The molecule has 0 unspecified atom stereocenters. The number of nitrogens with one attached hydrogen (secondary N) is 1. The number of carbonyl (C=O) groups excluding carboxylic acids is 2. The third kappa shape index (κ3) is 5.57. The summed E-state index contributed by atoms with van der Waals surface area (Å²) in [6.45, 7) is 1.60. The fraction of sp³-hybridized carbons (Fsp3) is 0.250. The van der Waals surface area contributed by atoms with Gasteiger partial charge in [-0.05, 0) is 30.5 Å². The second-order valence-corrected chi connectivity index (χ2v) is 5.87. The van der Waals surface area contributed by atoms with E-state index in [2.05, 4.69) is 5.32 Å². The van der Waals surface area contributed by atoms with Gasteiger partial charge in [0, 0.05) is 4.88 Å². The molecule has 8 nitrogen and oxygen atoms in total. The fourth-order valence-electron chi connectivity index (χ4n) is 1.96. The van der Waals surface area contributed by atoms with Gasteiger partial charge in [-0.15, -0.1) is 11.3 Å². The topological polar surface area (TPSA) is 108 Å². The summed E-state index contributed by atoms with van der Waals surface area (Å²) in [5.74, 6) is -0.875. The number of esters is 1. The highest BCUT2D eigenvalue weighted by atomic mass is 32.1. The summed E-state index contributed by atoms with van der Waals surface area (Å²) in [4.78, 5) is 34.8. The molecule has 0 aliphatic carbocycles. The van der Waals surface area contributed by atoms with Crippen LogP contribution in [0.25, 0.3) is 0 Å². The minimum absolute atomic E-state index is 0.00718. The molecule has 1 heterocycles. The maximum absolute atomic E-state index is 11.9. The zero-order chi connectivity index (χ0) is 18.2. The summed E-state index contributed by atoms with van der Waals surface area (Å²) in [6, 6.07) is 7.70. The van der Waals surface area contributed by atoms with Crippen molar-refractivity contribution in [3.63, 3.8) is 0 Å². The van der Waals surface area contributed by atoms with Crippen molar-refractivity contribution in [1.82, 2.24) is 0 Å². The van der Waals surface area contributed by atoms with Gasteiger partial charge in [-0.2, -0.15) is 0 Å². The SMILES string of the molecule is CCOc1ccc(NC(=O)COC(=O)Cc2cccs2)c([N+](=O)[O-])c1. The first-order valence-electron chi connectivity index (χ1n) is 7.38. The second kappa shape index (κ2) is 8.78. The number of benzene rings is 1. The molecule has 0 fully saturated rings. The number of ether oxygens (including phenoxy) is 2. The maximum atomic E-state index is 11.9. The quantitative estimate of drug-likeness (QED) is 0.438. The highest BCUT2D eigenvalue weighted by molar-refractivity contribution is 7.10. The zero-order valence-electron chi connectivity index (χ0n) is 13.4. The molecule has 0 aliphatic heterocycles. The molecule has 0 bridgehead atoms. The summed E-state index contributed by atoms with van der Waals surface area (Å²) in [5, 5.41) is 15.3. The number of amides is 1. The zero-order valence-corrected chi connectivity index (χ0v) is 14.2. The van der Waals surface area contributed by atoms with E-state index in [9.17, 15) is 19.7 Å². The van der Waals surface area contributed by atoms with Crippen LogP contribution in [0, 0.1) is 10.1 Å². The first kappa shape index (κ1) is 18.4. The number of hydrogen-bond acceptors (Lipinski definition) is 7. The molecule has 0 aliphatic rings. The van der Waals surface area contributed by atoms with Gasteiger partial charge in [-0.25, -0.2) is 0 Å². The lowest BCUT2D eigenvalue weighted by atomic mass is 10.2. The normalized spacial score (nSPS) is 10.1. The molecule has 1 aromatic heterocycles. The Hall–Kier alpha value is -2.94. The monoisotopic (exact) mass is 364 g/mol. The van der Waals surface area contributed by atoms with Gasteiger partial charge in [0.25, 0.3) is 11.6 Å². The Balaban J connectivity index is 1.93. The van der Waals surface area contributed by atoms with E-state index in [-0.39, 0.29) is 17.8 Å². The number of anilines is 1. The fourth-order valence-corrected chi connectivity index (χ4v) is 2.65. The van der Waals surface area contributed by atoms with Crippen molar-refractivity contribution in [2.45, 2.75) is 13.3 Å². The molecule has 25 heavy (non-hydrogen) atoms. The van der Waals surface area contributed by atoms with E-state index in [1.807, 2.05) is 11.4 Å². The van der Waals surface area contributed by atoms with E-state index < -0.39 is 23.4 Å². The van der Waals surface area contributed by atoms with Gasteiger partial charge < -0.3 is 14.8 Å². The average molecular weight is 364 g/mol. The number of nitro benzene ring substituents is 1. The molecule has 2 aromatic rings. The van der Waals surface area contributed by atoms with Gasteiger partial charge in [-0.3, -0.25) is 19.7 Å². The van der Waals surface area contributed by atoms with Gasteiger partial charge in [0.05, 0.1) is 24.0 Å². The summed E-state index contributed by atoms with van der Waals surface area (Å²) in [7, 11) is 0. The van der Waals surface area contributed by atoms with Crippen LogP contribution in [0.3, 0.4) is 0 Å². The van der Waals surface area contributed by atoms with Crippen molar-refractivity contribution in [3.8, 4) is 5.75 Å². The molecule has 0 radical (unpaired) electrons. The molecule has 0 spiro atoms. The van der Waals surface area contributed by atoms with Crippen molar-refractivity contribution in [3.05, 3.63) is 50.7 Å². The lowest BCUT2D eigenvalue weighted by Gasteiger charge is -2.08. The van der Waals surface area contributed by atoms with Crippen molar-refractivity contribution < 1.29 is 24.0 Å². The molecule has 0 saturated heterocycles. The Morgan fingerprint density at radius 2 is 2.12 bits per heavy atom. The smallest absolute Gasteiger partial charge is 0.311 e. The lowest BCUT2D eigenvalue weighted by Crippen LogP contribution is -2.22. The lowest BCUT2D eigenvalue weighted by molar-refractivity contribution is -0.384. The largest absolute Gasteiger partial charge is 0.494 e. The van der Waals surface area contributed by atoms with E-state index >= 15 is 0 Å². The van der Waals surface area contributed by atoms with Crippen molar-refractivity contribution in [1.29, 1.82) is 0 Å². The van der Waals surface area contributed by atoms with Crippen LogP contribution in [0.2, 0.25) is 0 Å². The molecule has 1 N–H and O–H groups in total. The molecule has 0 atom stereocenters. The van der Waals surface area contributed by atoms with E-state index in [4.69, 9.17) is 9.47 Å². The highest BCUT2D eigenvalue weighted by Crippen LogP contribution is 2.29. The van der Waals surface area contributed by atoms with Crippen LogP contribution in [-0.4, -0.2) is 30.0 Å². The molecular weight excluding hydrogens is 348 g/mol. The van der Waals surface area contributed by atoms with Gasteiger partial charge in [0.2, 0.25) is 0 Å². The van der Waals surface area contributed by atoms with E-state index in [0.29, 0.717) is 12.4 Å². The molecule has 9 heteroatoms.